The predicted octanol–water partition coefficient (Wildman–Crippen LogP) is 5.12. The van der Waals surface area contributed by atoms with Crippen molar-refractivity contribution in [1.29, 1.82) is 0 Å². The normalized spacial score (nSPS) is 12.0. The number of carbonyl (C=O) groups excluding carboxylic acids is 2. The zero-order valence-electron chi connectivity index (χ0n) is 13.1. The van der Waals surface area contributed by atoms with Gasteiger partial charge in [-0.1, -0.05) is 60.1 Å². The van der Waals surface area contributed by atoms with Gasteiger partial charge in [0.2, 0.25) is 0 Å². The summed E-state index contributed by atoms with van der Waals surface area (Å²) in [7, 11) is 0. The van der Waals surface area contributed by atoms with Crippen LogP contribution in [0.1, 0.15) is 31.8 Å². The molecule has 0 unspecified atom stereocenters. The van der Waals surface area contributed by atoms with Gasteiger partial charge in [0, 0.05) is 23.1 Å². The molecule has 0 aromatic heterocycles. The molecule has 25 heavy (non-hydrogen) atoms. The molecule has 0 bridgehead atoms. The van der Waals surface area contributed by atoms with E-state index in [1.807, 2.05) is 24.3 Å². The third kappa shape index (κ3) is 2.57. The van der Waals surface area contributed by atoms with Crippen molar-refractivity contribution in [3.05, 3.63) is 93.8 Å². The molecule has 4 rings (SSSR count). The minimum absolute atomic E-state index is 0.0212. The summed E-state index contributed by atoms with van der Waals surface area (Å²) in [4.78, 5) is 25.5. The fourth-order valence-electron chi connectivity index (χ4n) is 3.23. The number of rotatable bonds is 3. The predicted molar refractivity (Wildman–Crippen MR) is 94.8 cm³/mol. The van der Waals surface area contributed by atoms with E-state index in [2.05, 4.69) is 0 Å². The fraction of sp³-hybridized carbons (Fsp3) is 0.0476. The van der Waals surface area contributed by atoms with Crippen LogP contribution in [0.3, 0.4) is 0 Å². The van der Waals surface area contributed by atoms with Crippen molar-refractivity contribution in [2.24, 2.45) is 0 Å². The van der Waals surface area contributed by atoms with Gasteiger partial charge in [0.1, 0.15) is 5.82 Å². The molecule has 0 heterocycles. The van der Waals surface area contributed by atoms with Crippen LogP contribution in [0.5, 0.6) is 0 Å². The Morgan fingerprint density at radius 1 is 0.920 bits per heavy atom. The first-order valence-electron chi connectivity index (χ1n) is 7.80. The summed E-state index contributed by atoms with van der Waals surface area (Å²) in [5.41, 5.74) is 3.69. The summed E-state index contributed by atoms with van der Waals surface area (Å²) < 4.78 is 13.3. The minimum atomic E-state index is -0.524. The second kappa shape index (κ2) is 5.94. The topological polar surface area (TPSA) is 34.1 Å². The van der Waals surface area contributed by atoms with E-state index in [1.54, 1.807) is 18.2 Å². The number of hydrogen-bond acceptors (Lipinski definition) is 2. The third-order valence-corrected chi connectivity index (χ3v) is 4.69. The van der Waals surface area contributed by atoms with Gasteiger partial charge < -0.3 is 0 Å². The molecule has 0 atom stereocenters. The van der Waals surface area contributed by atoms with E-state index in [0.29, 0.717) is 22.3 Å². The molecule has 0 fully saturated rings. The molecule has 0 saturated heterocycles. The molecule has 4 heteroatoms. The molecule has 0 N–H and O–H groups in total. The molecule has 122 valence electrons. The lowest BCUT2D eigenvalue weighted by molar-refractivity contribution is 0.0977. The maximum absolute atomic E-state index is 13.3. The number of carbonyl (C=O) groups is 2. The van der Waals surface area contributed by atoms with Gasteiger partial charge in [-0.2, -0.15) is 0 Å². The van der Waals surface area contributed by atoms with Crippen molar-refractivity contribution in [2.45, 2.75) is 6.42 Å². The third-order valence-electron chi connectivity index (χ3n) is 4.40. The van der Waals surface area contributed by atoms with Gasteiger partial charge >= 0.3 is 0 Å². The Bertz CT molecular complexity index is 1040. The first-order valence-corrected chi connectivity index (χ1v) is 8.18. The van der Waals surface area contributed by atoms with Crippen molar-refractivity contribution in [3.63, 3.8) is 0 Å². The molecule has 0 saturated carbocycles. The van der Waals surface area contributed by atoms with Crippen molar-refractivity contribution in [3.8, 4) is 11.1 Å². The number of halogens is 2. The molecule has 3 aromatic carbocycles. The molecular formula is C21H12ClFO2. The average molecular weight is 351 g/mol. The molecule has 1 aliphatic rings. The lowest BCUT2D eigenvalue weighted by Gasteiger charge is -2.07. The van der Waals surface area contributed by atoms with Crippen LogP contribution < -0.4 is 0 Å². The van der Waals surface area contributed by atoms with E-state index in [-0.39, 0.29) is 23.0 Å². The van der Waals surface area contributed by atoms with Crippen molar-refractivity contribution >= 4 is 23.2 Å². The fourth-order valence-corrected chi connectivity index (χ4v) is 3.44. The number of ketones is 2. The van der Waals surface area contributed by atoms with Crippen LogP contribution in [-0.4, -0.2) is 11.6 Å². The van der Waals surface area contributed by atoms with Crippen LogP contribution in [0, 0.1) is 5.82 Å². The van der Waals surface area contributed by atoms with Crippen molar-refractivity contribution in [1.82, 2.24) is 0 Å². The highest BCUT2D eigenvalue weighted by atomic mass is 35.5. The van der Waals surface area contributed by atoms with Crippen molar-refractivity contribution < 1.29 is 14.0 Å². The van der Waals surface area contributed by atoms with E-state index in [9.17, 15) is 14.0 Å². The zero-order chi connectivity index (χ0) is 17.6. The largest absolute Gasteiger partial charge is 0.294 e. The molecule has 0 spiro atoms. The summed E-state index contributed by atoms with van der Waals surface area (Å²) in [6.07, 6.45) is 0.0556. The van der Waals surface area contributed by atoms with Crippen LogP contribution in [0.4, 0.5) is 4.39 Å². The highest BCUT2D eigenvalue weighted by Gasteiger charge is 2.30. The van der Waals surface area contributed by atoms with Gasteiger partial charge in [-0.15, -0.1) is 0 Å². The zero-order valence-corrected chi connectivity index (χ0v) is 13.8. The van der Waals surface area contributed by atoms with Crippen LogP contribution in [0.2, 0.25) is 5.02 Å². The van der Waals surface area contributed by atoms with Crippen LogP contribution in [0.25, 0.3) is 11.1 Å². The maximum Gasteiger partial charge on any atom is 0.195 e. The monoisotopic (exact) mass is 350 g/mol. The van der Waals surface area contributed by atoms with E-state index >= 15 is 0 Å². The SMILES string of the molecule is O=C(Cc1ccc(F)c(Cl)c1)c1cccc2c1C(=O)c1ccccc1-2. The van der Waals surface area contributed by atoms with Gasteiger partial charge in [0.25, 0.3) is 0 Å². The standard InChI is InChI=1S/C21H12ClFO2/c22-17-10-12(8-9-18(17)23)11-19(24)16-7-3-6-14-13-4-1-2-5-15(13)21(25)20(14)16/h1-10H,11H2. The Balaban J connectivity index is 1.74. The molecule has 0 amide bonds. The number of benzene rings is 3. The minimum Gasteiger partial charge on any atom is -0.294 e. The summed E-state index contributed by atoms with van der Waals surface area (Å²) in [6, 6.07) is 16.8. The lowest BCUT2D eigenvalue weighted by Crippen LogP contribution is -2.10. The molecule has 1 aliphatic carbocycles. The molecule has 0 aliphatic heterocycles. The Kier molecular flexibility index (Phi) is 3.74. The van der Waals surface area contributed by atoms with Crippen LogP contribution in [0.15, 0.2) is 60.7 Å². The van der Waals surface area contributed by atoms with Crippen LogP contribution in [-0.2, 0) is 6.42 Å². The average Bonchev–Trinajstić information content (AvgIpc) is 2.91. The van der Waals surface area contributed by atoms with Gasteiger partial charge in [0.05, 0.1) is 5.02 Å². The Hall–Kier alpha value is -2.78. The van der Waals surface area contributed by atoms with Gasteiger partial charge in [0.15, 0.2) is 11.6 Å². The van der Waals surface area contributed by atoms with Gasteiger partial charge in [-0.25, -0.2) is 4.39 Å². The first-order chi connectivity index (χ1) is 12.1. The van der Waals surface area contributed by atoms with E-state index in [0.717, 1.165) is 11.1 Å². The Morgan fingerprint density at radius 3 is 2.40 bits per heavy atom. The van der Waals surface area contributed by atoms with E-state index in [4.69, 9.17) is 11.6 Å². The van der Waals surface area contributed by atoms with E-state index in [1.165, 1.54) is 18.2 Å². The van der Waals surface area contributed by atoms with E-state index < -0.39 is 5.82 Å². The summed E-state index contributed by atoms with van der Waals surface area (Å²) in [5.74, 6) is -0.850. The maximum atomic E-state index is 13.3. The number of hydrogen-bond donors (Lipinski definition) is 0. The van der Waals surface area contributed by atoms with Gasteiger partial charge in [-0.3, -0.25) is 9.59 Å². The second-order valence-electron chi connectivity index (χ2n) is 5.95. The summed E-state index contributed by atoms with van der Waals surface area (Å²) in [5, 5.41) is -0.0212. The number of Topliss-reactive ketones (excluding diaryl/α,β-unsaturated/α-hetero) is 1. The van der Waals surface area contributed by atoms with Crippen molar-refractivity contribution in [2.75, 3.05) is 0 Å². The summed E-state index contributed by atoms with van der Waals surface area (Å²) in [6.45, 7) is 0. The smallest absolute Gasteiger partial charge is 0.195 e. The Labute approximate surface area is 148 Å². The highest BCUT2D eigenvalue weighted by Crippen LogP contribution is 2.38. The quantitative estimate of drug-likeness (QED) is 0.481. The van der Waals surface area contributed by atoms with Gasteiger partial charge in [-0.05, 0) is 28.8 Å². The lowest BCUT2D eigenvalue weighted by atomic mass is 9.95. The molecule has 2 nitrogen and oxygen atoms in total. The van der Waals surface area contributed by atoms with Crippen LogP contribution >= 0.6 is 11.6 Å². The molecular weight excluding hydrogens is 339 g/mol. The Morgan fingerprint density at radius 2 is 1.64 bits per heavy atom. The highest BCUT2D eigenvalue weighted by molar-refractivity contribution is 6.30. The molecule has 0 radical (unpaired) electrons. The summed E-state index contributed by atoms with van der Waals surface area (Å²) >= 11 is 5.78. The first kappa shape index (κ1) is 15.7. The second-order valence-corrected chi connectivity index (χ2v) is 6.36. The number of fused-ring (bicyclic) bond motifs is 3. The molecule has 3 aromatic rings.